The van der Waals surface area contributed by atoms with Crippen LogP contribution in [0.25, 0.3) is 0 Å². The molecule has 0 aliphatic rings. The Kier molecular flexibility index (Phi) is 3.57. The molecule has 0 aliphatic heterocycles. The normalized spacial score (nSPS) is 12.1. The van der Waals surface area contributed by atoms with E-state index in [1.807, 2.05) is 12.1 Å². The maximum atomic E-state index is 10.7. The Hall–Kier alpha value is -1.95. The zero-order chi connectivity index (χ0) is 13.1. The molecular weight excluding hydrogens is 254 g/mol. The second-order valence-corrected chi connectivity index (χ2v) is 4.11. The summed E-state index contributed by atoms with van der Waals surface area (Å²) in [5.74, 6) is 0.00393. The van der Waals surface area contributed by atoms with E-state index in [0.717, 1.165) is 11.3 Å². The van der Waals surface area contributed by atoms with E-state index in [1.165, 1.54) is 6.07 Å². The van der Waals surface area contributed by atoms with Gasteiger partial charge in [0, 0.05) is 6.07 Å². The number of carbonyl (C=O) groups is 1. The van der Waals surface area contributed by atoms with Gasteiger partial charge in [-0.05, 0) is 17.7 Å². The topological polar surface area (TPSA) is 72.6 Å². The molecule has 0 radical (unpaired) electrons. The van der Waals surface area contributed by atoms with Gasteiger partial charge >= 0.3 is 5.97 Å². The molecule has 2 rings (SSSR count). The van der Waals surface area contributed by atoms with Crippen LogP contribution in [-0.4, -0.2) is 23.3 Å². The summed E-state index contributed by atoms with van der Waals surface area (Å²) in [6, 6.07) is 8.63. The van der Waals surface area contributed by atoms with Gasteiger partial charge in [0.05, 0.1) is 12.4 Å². The van der Waals surface area contributed by atoms with Crippen molar-refractivity contribution in [1.82, 2.24) is 5.16 Å². The summed E-state index contributed by atoms with van der Waals surface area (Å²) in [7, 11) is 1.59. The highest BCUT2D eigenvalue weighted by molar-refractivity contribution is 7.80. The predicted molar refractivity (Wildman–Crippen MR) is 67.3 cm³/mol. The van der Waals surface area contributed by atoms with Crippen LogP contribution in [0, 0.1) is 0 Å². The second kappa shape index (κ2) is 5.14. The minimum atomic E-state index is -1.12. The van der Waals surface area contributed by atoms with E-state index in [9.17, 15) is 4.79 Å². The Morgan fingerprint density at radius 3 is 2.61 bits per heavy atom. The summed E-state index contributed by atoms with van der Waals surface area (Å²) >= 11 is 4.39. The van der Waals surface area contributed by atoms with E-state index in [-0.39, 0.29) is 10.9 Å². The molecule has 94 valence electrons. The quantitative estimate of drug-likeness (QED) is 0.830. The number of hydrogen-bond donors (Lipinski definition) is 2. The van der Waals surface area contributed by atoms with Gasteiger partial charge in [-0.1, -0.05) is 17.3 Å². The molecule has 0 aliphatic carbocycles. The summed E-state index contributed by atoms with van der Waals surface area (Å²) in [6.45, 7) is 0. The van der Waals surface area contributed by atoms with Crippen molar-refractivity contribution < 1.29 is 19.2 Å². The molecular formula is C12H11NO4S. The van der Waals surface area contributed by atoms with Crippen molar-refractivity contribution in [2.24, 2.45) is 0 Å². The number of carboxylic acids is 1. The molecule has 6 heteroatoms. The third kappa shape index (κ3) is 2.48. The number of benzene rings is 1. The lowest BCUT2D eigenvalue weighted by molar-refractivity contribution is 0.0685. The molecule has 0 saturated heterocycles. The average molecular weight is 265 g/mol. The predicted octanol–water partition coefficient (Wildman–Crippen LogP) is 2.40. The number of carboxylic acid groups (broad SMARTS) is 1. The van der Waals surface area contributed by atoms with Crippen LogP contribution in [0.5, 0.6) is 5.75 Å². The first-order chi connectivity index (χ1) is 8.61. The average Bonchev–Trinajstić information content (AvgIpc) is 2.88. The van der Waals surface area contributed by atoms with Crippen LogP contribution in [-0.2, 0) is 0 Å². The third-order valence-corrected chi connectivity index (χ3v) is 3.00. The third-order valence-electron chi connectivity index (χ3n) is 2.45. The summed E-state index contributed by atoms with van der Waals surface area (Å²) in [5, 5.41) is 11.8. The van der Waals surface area contributed by atoms with Gasteiger partial charge < -0.3 is 14.4 Å². The van der Waals surface area contributed by atoms with Gasteiger partial charge in [0.25, 0.3) is 0 Å². The SMILES string of the molecule is COc1ccc(C(S)c2cc(C(=O)O)no2)cc1. The zero-order valence-corrected chi connectivity index (χ0v) is 10.4. The monoisotopic (exact) mass is 265 g/mol. The molecule has 0 bridgehead atoms. The Balaban J connectivity index is 2.23. The molecule has 0 fully saturated rings. The van der Waals surface area contributed by atoms with Crippen LogP contribution in [0.1, 0.15) is 27.1 Å². The van der Waals surface area contributed by atoms with Gasteiger partial charge in [0.2, 0.25) is 0 Å². The molecule has 1 heterocycles. The number of hydrogen-bond acceptors (Lipinski definition) is 5. The first-order valence-corrected chi connectivity index (χ1v) is 5.65. The number of methoxy groups -OCH3 is 1. The first-order valence-electron chi connectivity index (χ1n) is 5.13. The van der Waals surface area contributed by atoms with Crippen molar-refractivity contribution in [2.45, 2.75) is 5.25 Å². The highest BCUT2D eigenvalue weighted by Gasteiger charge is 2.18. The molecule has 1 atom stereocenters. The van der Waals surface area contributed by atoms with Crippen molar-refractivity contribution >= 4 is 18.6 Å². The number of aromatic nitrogens is 1. The zero-order valence-electron chi connectivity index (χ0n) is 9.53. The number of aromatic carboxylic acids is 1. The van der Waals surface area contributed by atoms with Crippen LogP contribution in [0.15, 0.2) is 34.9 Å². The van der Waals surface area contributed by atoms with E-state index in [4.69, 9.17) is 14.4 Å². The number of ether oxygens (including phenoxy) is 1. The van der Waals surface area contributed by atoms with Gasteiger partial charge in [-0.15, -0.1) is 0 Å². The molecule has 2 aromatic rings. The first kappa shape index (κ1) is 12.5. The van der Waals surface area contributed by atoms with Crippen molar-refractivity contribution in [3.63, 3.8) is 0 Å². The fourth-order valence-corrected chi connectivity index (χ4v) is 1.76. The summed E-state index contributed by atoms with van der Waals surface area (Å²) in [6.07, 6.45) is 0. The smallest absolute Gasteiger partial charge is 0.358 e. The lowest BCUT2D eigenvalue weighted by atomic mass is 10.1. The van der Waals surface area contributed by atoms with Gasteiger partial charge in [0.15, 0.2) is 11.5 Å². The fraction of sp³-hybridized carbons (Fsp3) is 0.167. The number of nitrogens with zero attached hydrogens (tertiary/aromatic N) is 1. The van der Waals surface area contributed by atoms with E-state index in [1.54, 1.807) is 19.2 Å². The lowest BCUT2D eigenvalue weighted by Gasteiger charge is -2.07. The van der Waals surface area contributed by atoms with E-state index >= 15 is 0 Å². The van der Waals surface area contributed by atoms with E-state index < -0.39 is 5.97 Å². The Morgan fingerprint density at radius 2 is 2.11 bits per heavy atom. The standard InChI is InChI=1S/C12H11NO4S/c1-16-8-4-2-7(3-5-8)11(18)10-6-9(12(14)15)13-17-10/h2-6,11,18H,1H3,(H,14,15). The molecule has 5 nitrogen and oxygen atoms in total. The Morgan fingerprint density at radius 1 is 1.44 bits per heavy atom. The molecule has 18 heavy (non-hydrogen) atoms. The number of thiol groups is 1. The van der Waals surface area contributed by atoms with Crippen LogP contribution >= 0.6 is 12.6 Å². The van der Waals surface area contributed by atoms with Gasteiger partial charge in [-0.25, -0.2) is 4.79 Å². The fourth-order valence-electron chi connectivity index (χ4n) is 1.47. The molecule has 1 unspecified atom stereocenters. The molecule has 0 saturated carbocycles. The second-order valence-electron chi connectivity index (χ2n) is 3.60. The highest BCUT2D eigenvalue weighted by Crippen LogP contribution is 2.29. The lowest BCUT2D eigenvalue weighted by Crippen LogP contribution is -1.95. The van der Waals surface area contributed by atoms with Gasteiger partial charge in [0.1, 0.15) is 5.75 Å². The summed E-state index contributed by atoms with van der Waals surface area (Å²) in [5.41, 5.74) is 0.741. The molecule has 1 aromatic carbocycles. The maximum absolute atomic E-state index is 10.7. The van der Waals surface area contributed by atoms with Crippen LogP contribution in [0.3, 0.4) is 0 Å². The number of rotatable bonds is 4. The Labute approximate surface area is 109 Å². The minimum Gasteiger partial charge on any atom is -0.497 e. The van der Waals surface area contributed by atoms with Crippen molar-refractivity contribution in [2.75, 3.05) is 7.11 Å². The summed E-state index contributed by atoms with van der Waals surface area (Å²) in [4.78, 5) is 10.7. The molecule has 0 amide bonds. The van der Waals surface area contributed by atoms with Crippen LogP contribution in [0.2, 0.25) is 0 Å². The molecule has 1 N–H and O–H groups in total. The minimum absolute atomic E-state index is 0.127. The van der Waals surface area contributed by atoms with Gasteiger partial charge in [-0.3, -0.25) is 0 Å². The van der Waals surface area contributed by atoms with Crippen molar-refractivity contribution in [3.05, 3.63) is 47.3 Å². The van der Waals surface area contributed by atoms with Crippen molar-refractivity contribution in [3.8, 4) is 5.75 Å². The van der Waals surface area contributed by atoms with Gasteiger partial charge in [-0.2, -0.15) is 12.6 Å². The largest absolute Gasteiger partial charge is 0.497 e. The molecule has 0 spiro atoms. The van der Waals surface area contributed by atoms with Crippen LogP contribution < -0.4 is 4.74 Å². The van der Waals surface area contributed by atoms with E-state index in [2.05, 4.69) is 17.8 Å². The van der Waals surface area contributed by atoms with Crippen LogP contribution in [0.4, 0.5) is 0 Å². The maximum Gasteiger partial charge on any atom is 0.358 e. The summed E-state index contributed by atoms with van der Waals surface area (Å²) < 4.78 is 10.0. The van der Waals surface area contributed by atoms with E-state index in [0.29, 0.717) is 5.76 Å². The van der Waals surface area contributed by atoms with Crippen molar-refractivity contribution in [1.29, 1.82) is 0 Å². The Bertz CT molecular complexity index is 549. The molecule has 1 aromatic heterocycles. The highest BCUT2D eigenvalue weighted by atomic mass is 32.1.